The number of aryl methyl sites for hydroxylation is 2. The van der Waals surface area contributed by atoms with Crippen LogP contribution in [0.3, 0.4) is 0 Å². The molecule has 2 aromatic carbocycles. The van der Waals surface area contributed by atoms with Crippen molar-refractivity contribution in [3.8, 4) is 0 Å². The molecule has 0 unspecified atom stereocenters. The molecule has 1 fully saturated rings. The molecule has 1 aromatic heterocycles. The number of likely N-dealkylation sites (N-methyl/N-ethyl adjacent to an activating group) is 1. The van der Waals surface area contributed by atoms with Gasteiger partial charge in [0.15, 0.2) is 5.76 Å². The Morgan fingerprint density at radius 2 is 1.81 bits per heavy atom. The van der Waals surface area contributed by atoms with Crippen LogP contribution in [0.4, 0.5) is 0 Å². The standard InChI is InChI=1S/C23H27N3O4S/c1-16-21(17(2)30-24-16)31(28,29)25-23(13-6-7-14-23)22(27)26(3)15-19-11-8-10-18-9-4-5-12-20(18)19/h4-5,8-12,25H,6-7,13-15H2,1-3H3. The van der Waals surface area contributed by atoms with Crippen LogP contribution in [-0.4, -0.2) is 37.0 Å². The maximum atomic E-state index is 13.6. The average molecular weight is 442 g/mol. The van der Waals surface area contributed by atoms with Gasteiger partial charge >= 0.3 is 0 Å². The fraction of sp³-hybridized carbons (Fsp3) is 0.391. The number of nitrogens with one attached hydrogen (secondary N) is 1. The molecule has 0 atom stereocenters. The van der Waals surface area contributed by atoms with Gasteiger partial charge in [-0.3, -0.25) is 4.79 Å². The van der Waals surface area contributed by atoms with Gasteiger partial charge in [0.2, 0.25) is 15.9 Å². The minimum Gasteiger partial charge on any atom is -0.360 e. The molecule has 1 amide bonds. The van der Waals surface area contributed by atoms with Gasteiger partial charge in [-0.2, -0.15) is 4.72 Å². The number of hydrogen-bond acceptors (Lipinski definition) is 5. The Bertz CT molecular complexity index is 1200. The van der Waals surface area contributed by atoms with Gasteiger partial charge < -0.3 is 9.42 Å². The van der Waals surface area contributed by atoms with Gasteiger partial charge in [-0.05, 0) is 43.0 Å². The largest absolute Gasteiger partial charge is 0.360 e. The molecule has 164 valence electrons. The van der Waals surface area contributed by atoms with Crippen LogP contribution in [0.25, 0.3) is 10.8 Å². The number of carbonyl (C=O) groups excluding carboxylic acids is 1. The van der Waals surface area contributed by atoms with Gasteiger partial charge in [-0.15, -0.1) is 0 Å². The lowest BCUT2D eigenvalue weighted by molar-refractivity contribution is -0.136. The van der Waals surface area contributed by atoms with Crippen LogP contribution < -0.4 is 4.72 Å². The first-order valence-electron chi connectivity index (χ1n) is 10.4. The zero-order valence-electron chi connectivity index (χ0n) is 18.0. The fourth-order valence-corrected chi connectivity index (χ4v) is 6.38. The van der Waals surface area contributed by atoms with Crippen molar-refractivity contribution < 1.29 is 17.7 Å². The number of nitrogens with zero attached hydrogens (tertiary/aromatic N) is 2. The molecule has 1 saturated carbocycles. The van der Waals surface area contributed by atoms with E-state index in [0.717, 1.165) is 29.2 Å². The number of fused-ring (bicyclic) bond motifs is 1. The summed E-state index contributed by atoms with van der Waals surface area (Å²) in [7, 11) is -2.23. The Labute approximate surface area is 182 Å². The summed E-state index contributed by atoms with van der Waals surface area (Å²) in [5.41, 5.74) is 0.152. The molecule has 4 rings (SSSR count). The first-order chi connectivity index (χ1) is 14.7. The maximum absolute atomic E-state index is 13.6. The van der Waals surface area contributed by atoms with Crippen molar-refractivity contribution in [1.29, 1.82) is 0 Å². The monoisotopic (exact) mass is 441 g/mol. The van der Waals surface area contributed by atoms with Crippen molar-refractivity contribution in [3.05, 3.63) is 59.5 Å². The predicted molar refractivity (Wildman–Crippen MR) is 118 cm³/mol. The lowest BCUT2D eigenvalue weighted by Crippen LogP contribution is -2.57. The number of hydrogen-bond donors (Lipinski definition) is 1. The topological polar surface area (TPSA) is 92.5 Å². The molecule has 1 aliphatic rings. The highest BCUT2D eigenvalue weighted by Crippen LogP contribution is 2.34. The molecule has 3 aromatic rings. The average Bonchev–Trinajstić information content (AvgIpc) is 3.34. The lowest BCUT2D eigenvalue weighted by atomic mass is 9.96. The zero-order valence-corrected chi connectivity index (χ0v) is 18.8. The van der Waals surface area contributed by atoms with Crippen LogP contribution in [-0.2, 0) is 21.4 Å². The normalized spacial score (nSPS) is 16.0. The predicted octanol–water partition coefficient (Wildman–Crippen LogP) is 3.69. The summed E-state index contributed by atoms with van der Waals surface area (Å²) in [5, 5.41) is 5.95. The van der Waals surface area contributed by atoms with Crippen LogP contribution >= 0.6 is 0 Å². The molecular formula is C23H27N3O4S. The molecule has 0 radical (unpaired) electrons. The summed E-state index contributed by atoms with van der Waals surface area (Å²) < 4.78 is 34.1. The van der Waals surface area contributed by atoms with Gasteiger partial charge in [-0.1, -0.05) is 60.5 Å². The van der Waals surface area contributed by atoms with E-state index in [2.05, 4.69) is 9.88 Å². The number of carbonyl (C=O) groups is 1. The highest BCUT2D eigenvalue weighted by molar-refractivity contribution is 7.89. The molecule has 7 nitrogen and oxygen atoms in total. The van der Waals surface area contributed by atoms with Crippen molar-refractivity contribution in [2.75, 3.05) is 7.05 Å². The molecule has 1 aliphatic carbocycles. The van der Waals surface area contributed by atoms with E-state index in [9.17, 15) is 13.2 Å². The maximum Gasteiger partial charge on any atom is 0.246 e. The second kappa shape index (κ2) is 8.09. The summed E-state index contributed by atoms with van der Waals surface area (Å²) >= 11 is 0. The molecule has 0 bridgehead atoms. The Balaban J connectivity index is 1.62. The minimum absolute atomic E-state index is 0.0169. The van der Waals surface area contributed by atoms with Crippen LogP contribution in [0.2, 0.25) is 0 Å². The molecule has 31 heavy (non-hydrogen) atoms. The first-order valence-corrected chi connectivity index (χ1v) is 11.9. The van der Waals surface area contributed by atoms with E-state index in [-0.39, 0.29) is 22.3 Å². The quantitative estimate of drug-likeness (QED) is 0.630. The summed E-state index contributed by atoms with van der Waals surface area (Å²) in [4.78, 5) is 15.2. The molecule has 0 spiro atoms. The van der Waals surface area contributed by atoms with Crippen molar-refractivity contribution in [2.24, 2.45) is 0 Å². The molecule has 1 N–H and O–H groups in total. The second-order valence-electron chi connectivity index (χ2n) is 8.35. The van der Waals surface area contributed by atoms with Gasteiger partial charge in [-0.25, -0.2) is 8.42 Å². The highest BCUT2D eigenvalue weighted by Gasteiger charge is 2.46. The number of amides is 1. The van der Waals surface area contributed by atoms with E-state index < -0.39 is 15.6 Å². The third-order valence-corrected chi connectivity index (χ3v) is 7.85. The van der Waals surface area contributed by atoms with E-state index >= 15 is 0 Å². The van der Waals surface area contributed by atoms with Gasteiger partial charge in [0.05, 0.1) is 0 Å². The van der Waals surface area contributed by atoms with Crippen LogP contribution in [0.5, 0.6) is 0 Å². The van der Waals surface area contributed by atoms with Gasteiger partial charge in [0.25, 0.3) is 0 Å². The van der Waals surface area contributed by atoms with E-state index in [0.29, 0.717) is 19.4 Å². The third kappa shape index (κ3) is 3.97. The lowest BCUT2D eigenvalue weighted by Gasteiger charge is -2.33. The Hall–Kier alpha value is -2.71. The summed E-state index contributed by atoms with van der Waals surface area (Å²) in [6.45, 7) is 3.54. The zero-order chi connectivity index (χ0) is 22.2. The van der Waals surface area contributed by atoms with E-state index in [1.165, 1.54) is 0 Å². The first kappa shape index (κ1) is 21.5. The molecule has 8 heteroatoms. The van der Waals surface area contributed by atoms with Crippen molar-refractivity contribution >= 4 is 26.7 Å². The van der Waals surface area contributed by atoms with Gasteiger partial charge in [0.1, 0.15) is 16.1 Å². The fourth-order valence-electron chi connectivity index (χ4n) is 4.63. The smallest absolute Gasteiger partial charge is 0.246 e. The van der Waals surface area contributed by atoms with Crippen LogP contribution in [0, 0.1) is 13.8 Å². The van der Waals surface area contributed by atoms with Gasteiger partial charge in [0, 0.05) is 13.6 Å². The van der Waals surface area contributed by atoms with E-state index in [1.54, 1.807) is 25.8 Å². The van der Waals surface area contributed by atoms with E-state index in [4.69, 9.17) is 4.52 Å². The highest BCUT2D eigenvalue weighted by atomic mass is 32.2. The number of sulfonamides is 1. The molecule has 0 aliphatic heterocycles. The summed E-state index contributed by atoms with van der Waals surface area (Å²) in [6, 6.07) is 14.0. The van der Waals surface area contributed by atoms with Crippen LogP contribution in [0.1, 0.15) is 42.7 Å². The number of aromatic nitrogens is 1. The molecular weight excluding hydrogens is 414 g/mol. The van der Waals surface area contributed by atoms with Crippen molar-refractivity contribution in [3.63, 3.8) is 0 Å². The van der Waals surface area contributed by atoms with Crippen molar-refractivity contribution in [2.45, 2.75) is 56.5 Å². The van der Waals surface area contributed by atoms with E-state index in [1.807, 2.05) is 42.5 Å². The third-order valence-electron chi connectivity index (χ3n) is 6.07. The second-order valence-corrected chi connectivity index (χ2v) is 9.97. The Morgan fingerprint density at radius 1 is 1.13 bits per heavy atom. The molecule has 1 heterocycles. The van der Waals surface area contributed by atoms with Crippen LogP contribution in [0.15, 0.2) is 51.9 Å². The Morgan fingerprint density at radius 3 is 2.48 bits per heavy atom. The minimum atomic E-state index is -3.96. The molecule has 0 saturated heterocycles. The number of benzene rings is 2. The SMILES string of the molecule is Cc1noc(C)c1S(=O)(=O)NC1(C(=O)N(C)Cc2cccc3ccccc23)CCCC1. The Kier molecular flexibility index (Phi) is 5.61. The number of rotatable bonds is 6. The summed E-state index contributed by atoms with van der Waals surface area (Å²) in [6.07, 6.45) is 2.51. The summed E-state index contributed by atoms with van der Waals surface area (Å²) in [5.74, 6) is 0.00275. The van der Waals surface area contributed by atoms with Crippen molar-refractivity contribution in [1.82, 2.24) is 14.8 Å².